The summed E-state index contributed by atoms with van der Waals surface area (Å²) in [6, 6.07) is 18.2. The SMILES string of the molecule is CC(C)Nc1ccc(Cc2ccccc2NC(C)C)cc1. The van der Waals surface area contributed by atoms with Crippen LogP contribution in [-0.2, 0) is 6.42 Å². The van der Waals surface area contributed by atoms with Crippen LogP contribution in [0.25, 0.3) is 0 Å². The second kappa shape index (κ2) is 7.16. The fourth-order valence-corrected chi connectivity index (χ4v) is 2.40. The van der Waals surface area contributed by atoms with Crippen LogP contribution in [0.2, 0.25) is 0 Å². The Morgan fingerprint density at radius 3 is 2.00 bits per heavy atom. The molecule has 2 rings (SSSR count). The monoisotopic (exact) mass is 282 g/mol. The normalized spacial score (nSPS) is 11.0. The van der Waals surface area contributed by atoms with Crippen molar-refractivity contribution < 1.29 is 0 Å². The zero-order valence-electron chi connectivity index (χ0n) is 13.5. The molecule has 0 heterocycles. The quantitative estimate of drug-likeness (QED) is 0.786. The molecule has 0 fully saturated rings. The lowest BCUT2D eigenvalue weighted by Gasteiger charge is -2.15. The van der Waals surface area contributed by atoms with Gasteiger partial charge in [0.15, 0.2) is 0 Å². The first kappa shape index (κ1) is 15.4. The molecule has 0 radical (unpaired) electrons. The average molecular weight is 282 g/mol. The molecule has 2 N–H and O–H groups in total. The van der Waals surface area contributed by atoms with E-state index in [1.807, 2.05) is 0 Å². The molecule has 2 aromatic carbocycles. The molecule has 0 unspecified atom stereocenters. The Hall–Kier alpha value is -1.96. The van der Waals surface area contributed by atoms with Gasteiger partial charge in [-0.15, -0.1) is 0 Å². The number of para-hydroxylation sites is 1. The van der Waals surface area contributed by atoms with Crippen LogP contribution in [0, 0.1) is 0 Å². The van der Waals surface area contributed by atoms with Crippen molar-refractivity contribution in [3.63, 3.8) is 0 Å². The van der Waals surface area contributed by atoms with Gasteiger partial charge in [-0.1, -0.05) is 30.3 Å². The van der Waals surface area contributed by atoms with Gasteiger partial charge < -0.3 is 10.6 Å². The molecule has 0 bridgehead atoms. The fourth-order valence-electron chi connectivity index (χ4n) is 2.40. The van der Waals surface area contributed by atoms with Crippen molar-refractivity contribution in [2.75, 3.05) is 10.6 Å². The minimum atomic E-state index is 0.448. The van der Waals surface area contributed by atoms with Crippen LogP contribution in [-0.4, -0.2) is 12.1 Å². The van der Waals surface area contributed by atoms with Gasteiger partial charge in [0.2, 0.25) is 0 Å². The van der Waals surface area contributed by atoms with Gasteiger partial charge in [-0.3, -0.25) is 0 Å². The number of hydrogen-bond donors (Lipinski definition) is 2. The molecule has 2 nitrogen and oxygen atoms in total. The summed E-state index contributed by atoms with van der Waals surface area (Å²) in [5, 5.41) is 6.94. The topological polar surface area (TPSA) is 24.1 Å². The minimum absolute atomic E-state index is 0.448. The van der Waals surface area contributed by atoms with E-state index in [4.69, 9.17) is 0 Å². The van der Waals surface area contributed by atoms with Gasteiger partial charge in [-0.2, -0.15) is 0 Å². The highest BCUT2D eigenvalue weighted by Crippen LogP contribution is 2.21. The Bertz CT molecular complexity index is 556. The molecule has 21 heavy (non-hydrogen) atoms. The lowest BCUT2D eigenvalue weighted by atomic mass is 10.0. The Labute approximate surface area is 128 Å². The van der Waals surface area contributed by atoms with Crippen molar-refractivity contribution in [3.05, 3.63) is 59.7 Å². The predicted molar refractivity (Wildman–Crippen MR) is 93.2 cm³/mol. The van der Waals surface area contributed by atoms with Gasteiger partial charge in [0.25, 0.3) is 0 Å². The van der Waals surface area contributed by atoms with Crippen LogP contribution in [0.15, 0.2) is 48.5 Å². The van der Waals surface area contributed by atoms with Gasteiger partial charge in [0, 0.05) is 23.5 Å². The second-order valence-electron chi connectivity index (χ2n) is 6.13. The van der Waals surface area contributed by atoms with Crippen LogP contribution in [0.1, 0.15) is 38.8 Å². The van der Waals surface area contributed by atoms with Crippen molar-refractivity contribution in [2.45, 2.75) is 46.2 Å². The molecule has 0 aliphatic carbocycles. The summed E-state index contributed by atoms with van der Waals surface area (Å²) in [5.74, 6) is 0. The summed E-state index contributed by atoms with van der Waals surface area (Å²) < 4.78 is 0. The van der Waals surface area contributed by atoms with Crippen molar-refractivity contribution in [1.29, 1.82) is 0 Å². The first-order valence-corrected chi connectivity index (χ1v) is 7.74. The van der Waals surface area contributed by atoms with E-state index in [0.717, 1.165) is 6.42 Å². The number of rotatable bonds is 6. The maximum absolute atomic E-state index is 3.52. The van der Waals surface area contributed by atoms with Gasteiger partial charge in [0.1, 0.15) is 0 Å². The first-order chi connectivity index (χ1) is 10.0. The summed E-state index contributed by atoms with van der Waals surface area (Å²) in [4.78, 5) is 0. The molecule has 0 aliphatic rings. The molecule has 2 aromatic rings. The van der Waals surface area contributed by atoms with E-state index in [-0.39, 0.29) is 0 Å². The maximum atomic E-state index is 3.52. The van der Waals surface area contributed by atoms with E-state index in [0.29, 0.717) is 12.1 Å². The third kappa shape index (κ3) is 4.82. The fraction of sp³-hybridized carbons (Fsp3) is 0.368. The van der Waals surface area contributed by atoms with Crippen molar-refractivity contribution >= 4 is 11.4 Å². The largest absolute Gasteiger partial charge is 0.383 e. The zero-order chi connectivity index (χ0) is 15.2. The summed E-state index contributed by atoms with van der Waals surface area (Å²) >= 11 is 0. The van der Waals surface area contributed by atoms with Crippen LogP contribution < -0.4 is 10.6 Å². The number of nitrogens with one attached hydrogen (secondary N) is 2. The van der Waals surface area contributed by atoms with Crippen LogP contribution in [0.4, 0.5) is 11.4 Å². The molecule has 0 saturated heterocycles. The molecular formula is C19H26N2. The lowest BCUT2D eigenvalue weighted by molar-refractivity contribution is 0.895. The number of benzene rings is 2. The summed E-state index contributed by atoms with van der Waals surface area (Å²) in [7, 11) is 0. The molecule has 0 saturated carbocycles. The minimum Gasteiger partial charge on any atom is -0.383 e. The van der Waals surface area contributed by atoms with E-state index in [9.17, 15) is 0 Å². The van der Waals surface area contributed by atoms with Crippen molar-refractivity contribution in [1.82, 2.24) is 0 Å². The van der Waals surface area contributed by atoms with Gasteiger partial charge in [0.05, 0.1) is 0 Å². The van der Waals surface area contributed by atoms with Crippen LogP contribution in [0.5, 0.6) is 0 Å². The first-order valence-electron chi connectivity index (χ1n) is 7.74. The summed E-state index contributed by atoms with van der Waals surface area (Å²) in [6.07, 6.45) is 0.956. The van der Waals surface area contributed by atoms with Gasteiger partial charge >= 0.3 is 0 Å². The van der Waals surface area contributed by atoms with E-state index in [2.05, 4.69) is 86.9 Å². The molecule has 0 amide bonds. The van der Waals surface area contributed by atoms with Crippen molar-refractivity contribution in [2.24, 2.45) is 0 Å². The Kier molecular flexibility index (Phi) is 5.26. The molecule has 2 heteroatoms. The van der Waals surface area contributed by atoms with E-state index in [1.165, 1.54) is 22.5 Å². The van der Waals surface area contributed by atoms with Crippen LogP contribution in [0.3, 0.4) is 0 Å². The highest BCUT2D eigenvalue weighted by atomic mass is 14.9. The molecule has 0 aliphatic heterocycles. The van der Waals surface area contributed by atoms with Gasteiger partial charge in [-0.05, 0) is 63.4 Å². The predicted octanol–water partition coefficient (Wildman–Crippen LogP) is 4.92. The highest BCUT2D eigenvalue weighted by Gasteiger charge is 2.04. The average Bonchev–Trinajstić information content (AvgIpc) is 2.42. The van der Waals surface area contributed by atoms with Crippen LogP contribution >= 0.6 is 0 Å². The lowest BCUT2D eigenvalue weighted by Crippen LogP contribution is -2.11. The Balaban J connectivity index is 2.11. The molecular weight excluding hydrogens is 256 g/mol. The zero-order valence-corrected chi connectivity index (χ0v) is 13.5. The molecule has 0 spiro atoms. The third-order valence-electron chi connectivity index (χ3n) is 3.27. The Morgan fingerprint density at radius 2 is 1.38 bits per heavy atom. The molecule has 112 valence electrons. The highest BCUT2D eigenvalue weighted by molar-refractivity contribution is 5.54. The maximum Gasteiger partial charge on any atom is 0.0378 e. The molecule has 0 aromatic heterocycles. The standard InChI is InChI=1S/C19H26N2/c1-14(2)20-18-11-9-16(10-12-18)13-17-7-5-6-8-19(17)21-15(3)4/h5-12,14-15,20-21H,13H2,1-4H3. The summed E-state index contributed by atoms with van der Waals surface area (Å²) in [5.41, 5.74) is 5.09. The van der Waals surface area contributed by atoms with Crippen molar-refractivity contribution in [3.8, 4) is 0 Å². The number of anilines is 2. The van der Waals surface area contributed by atoms with E-state index < -0.39 is 0 Å². The van der Waals surface area contributed by atoms with Gasteiger partial charge in [-0.25, -0.2) is 0 Å². The van der Waals surface area contributed by atoms with E-state index in [1.54, 1.807) is 0 Å². The second-order valence-corrected chi connectivity index (χ2v) is 6.13. The third-order valence-corrected chi connectivity index (χ3v) is 3.27. The smallest absolute Gasteiger partial charge is 0.0378 e. The number of hydrogen-bond acceptors (Lipinski definition) is 2. The molecule has 0 atom stereocenters. The summed E-state index contributed by atoms with van der Waals surface area (Å²) in [6.45, 7) is 8.65. The Morgan fingerprint density at radius 1 is 0.762 bits per heavy atom. The van der Waals surface area contributed by atoms with E-state index >= 15 is 0 Å².